The molecule has 1 aromatic rings. The molecule has 0 spiro atoms. The molecule has 12 heavy (non-hydrogen) atoms. The Hall–Kier alpha value is -1.71. The molecule has 0 unspecified atom stereocenters. The number of phenols is 2. The molecular weight excluding hydrogens is 156 g/mol. The third-order valence-corrected chi connectivity index (χ3v) is 1.68. The van der Waals surface area contributed by atoms with Crippen molar-refractivity contribution in [1.29, 1.82) is 0 Å². The van der Waals surface area contributed by atoms with E-state index < -0.39 is 0 Å². The largest absolute Gasteiger partial charge is 0.504 e. The van der Waals surface area contributed by atoms with Crippen LogP contribution in [0, 0.1) is 0 Å². The molecule has 2 rings (SSSR count). The van der Waals surface area contributed by atoms with E-state index in [1.54, 1.807) is 6.20 Å². The molecule has 1 aliphatic heterocycles. The summed E-state index contributed by atoms with van der Waals surface area (Å²) in [5, 5.41) is 20.7. The Bertz CT molecular complexity index is 458. The lowest BCUT2D eigenvalue weighted by Gasteiger charge is -2.03. The highest BCUT2D eigenvalue weighted by atomic mass is 16.3. The van der Waals surface area contributed by atoms with Crippen LogP contribution < -0.4 is 15.9 Å². The Labute approximate surface area is 70.0 Å². The lowest BCUT2D eigenvalue weighted by atomic mass is 10.2. The van der Waals surface area contributed by atoms with E-state index in [0.717, 1.165) is 5.31 Å². The van der Waals surface area contributed by atoms with E-state index in [1.165, 1.54) is 12.1 Å². The van der Waals surface area contributed by atoms with Crippen LogP contribution in [0.1, 0.15) is 0 Å². The summed E-state index contributed by atoms with van der Waals surface area (Å²) in [6, 6.07) is 2.77. The summed E-state index contributed by atoms with van der Waals surface area (Å²) in [5.41, 5.74) is 0. The molecule has 0 saturated carbocycles. The molecule has 0 atom stereocenters. The molecule has 62 valence electrons. The molecule has 0 radical (unpaired) electrons. The number of nitrogens with zero attached hydrogens (tertiary/aromatic N) is 1. The first-order valence-electron chi connectivity index (χ1n) is 3.95. The van der Waals surface area contributed by atoms with Gasteiger partial charge in [0.2, 0.25) is 0 Å². The van der Waals surface area contributed by atoms with E-state index in [-0.39, 0.29) is 18.2 Å². The maximum absolute atomic E-state index is 9.17. The molecule has 4 heteroatoms. The van der Waals surface area contributed by atoms with Crippen molar-refractivity contribution in [2.45, 2.75) is 0 Å². The Morgan fingerprint density at radius 2 is 2.17 bits per heavy atom. The average molecular weight is 165 g/mol. The Kier molecular flexibility index (Phi) is 1.18. The van der Waals surface area contributed by atoms with Gasteiger partial charge in [-0.1, -0.05) is 0 Å². The van der Waals surface area contributed by atoms with Crippen molar-refractivity contribution in [2.24, 2.45) is 4.99 Å². The normalized spacial score (nSPS) is 15.7. The van der Waals surface area contributed by atoms with Gasteiger partial charge in [-0.15, -0.1) is 0 Å². The highest BCUT2D eigenvalue weighted by Crippen LogP contribution is 2.18. The van der Waals surface area contributed by atoms with Gasteiger partial charge in [0.05, 0.1) is 5.36 Å². The molecule has 0 fully saturated rings. The fourth-order valence-electron chi connectivity index (χ4n) is 1.08. The molecule has 3 N–H and O–H groups in total. The van der Waals surface area contributed by atoms with Crippen LogP contribution in [-0.4, -0.2) is 16.9 Å². The summed E-state index contributed by atoms with van der Waals surface area (Å²) in [6.07, 6.45) is 1.54. The Morgan fingerprint density at radius 3 is 3.00 bits per heavy atom. The molecule has 1 heterocycles. The highest BCUT2D eigenvalue weighted by Gasteiger charge is 2.00. The summed E-state index contributed by atoms with van der Waals surface area (Å²) in [7, 11) is 0. The standard InChI is InChI=1S/C8H8N2O2/c11-7-1-5-3-9-4-10-6(5)2-8(7)12/h1-3,9,11-12H,4H2/i/hD. The van der Waals surface area contributed by atoms with Crippen molar-refractivity contribution in [1.82, 2.24) is 5.31 Å². The van der Waals surface area contributed by atoms with Crippen LogP contribution in [0.3, 0.4) is 0 Å². The van der Waals surface area contributed by atoms with Crippen molar-refractivity contribution in [3.05, 3.63) is 22.7 Å². The maximum atomic E-state index is 9.17. The fourth-order valence-corrected chi connectivity index (χ4v) is 1.08. The molecular formula is C8H8N2O2. The topological polar surface area (TPSA) is 64.8 Å². The molecule has 4 nitrogen and oxygen atoms in total. The van der Waals surface area contributed by atoms with Crippen LogP contribution in [0.25, 0.3) is 6.20 Å². The van der Waals surface area contributed by atoms with Crippen molar-refractivity contribution < 1.29 is 11.6 Å². The molecule has 0 saturated heterocycles. The third-order valence-electron chi connectivity index (χ3n) is 1.68. The van der Waals surface area contributed by atoms with E-state index >= 15 is 0 Å². The zero-order valence-corrected chi connectivity index (χ0v) is 6.23. The number of nitrogens with one attached hydrogen (secondary N) is 1. The van der Waals surface area contributed by atoms with Crippen LogP contribution in [-0.2, 0) is 0 Å². The van der Waals surface area contributed by atoms with Crippen LogP contribution in [0.2, 0.25) is 1.41 Å². The zero-order valence-electron chi connectivity index (χ0n) is 7.23. The number of aromatic hydroxyl groups is 2. The van der Waals surface area contributed by atoms with Gasteiger partial charge in [-0.25, -0.2) is 0 Å². The van der Waals surface area contributed by atoms with E-state index in [2.05, 4.69) is 4.99 Å². The molecule has 1 aromatic carbocycles. The second-order valence-corrected chi connectivity index (χ2v) is 2.51. The zero-order chi connectivity index (χ0) is 9.42. The first-order valence-corrected chi connectivity index (χ1v) is 3.50. The van der Waals surface area contributed by atoms with Crippen molar-refractivity contribution in [3.8, 4) is 11.5 Å². The van der Waals surface area contributed by atoms with Crippen LogP contribution in [0.15, 0.2) is 17.1 Å². The smallest absolute Gasteiger partial charge is 0.161 e. The van der Waals surface area contributed by atoms with Crippen LogP contribution >= 0.6 is 0 Å². The van der Waals surface area contributed by atoms with Gasteiger partial charge >= 0.3 is 0 Å². The predicted molar refractivity (Wildman–Crippen MR) is 43.0 cm³/mol. The SMILES string of the molecule is [2H]N1C=c2cc(O)c(O)cc2=NC1. The summed E-state index contributed by atoms with van der Waals surface area (Å²) < 4.78 is 7.27. The van der Waals surface area contributed by atoms with Gasteiger partial charge in [0, 0.05) is 17.5 Å². The minimum atomic E-state index is -0.194. The third kappa shape index (κ3) is 0.972. The van der Waals surface area contributed by atoms with Crippen molar-refractivity contribution in [3.63, 3.8) is 0 Å². The number of benzene rings is 1. The Balaban J connectivity index is 2.75. The van der Waals surface area contributed by atoms with Gasteiger partial charge in [0.1, 0.15) is 6.67 Å². The van der Waals surface area contributed by atoms with Gasteiger partial charge in [0.25, 0.3) is 0 Å². The molecule has 0 amide bonds. The van der Waals surface area contributed by atoms with Gasteiger partial charge in [-0.3, -0.25) is 4.99 Å². The number of hydrogen-bond donors (Lipinski definition) is 3. The number of fused-ring (bicyclic) bond motifs is 1. The number of rotatable bonds is 0. The summed E-state index contributed by atoms with van der Waals surface area (Å²) in [4.78, 5) is 4.01. The minimum absolute atomic E-state index is 0.186. The van der Waals surface area contributed by atoms with Crippen molar-refractivity contribution in [2.75, 3.05) is 6.67 Å². The van der Waals surface area contributed by atoms with E-state index in [4.69, 9.17) is 6.52 Å². The van der Waals surface area contributed by atoms with Crippen LogP contribution in [0.4, 0.5) is 0 Å². The van der Waals surface area contributed by atoms with Gasteiger partial charge in [-0.05, 0) is 6.07 Å². The molecule has 0 aromatic heterocycles. The highest BCUT2D eigenvalue weighted by molar-refractivity contribution is 5.40. The summed E-state index contributed by atoms with van der Waals surface area (Å²) in [5.74, 6) is -0.380. The monoisotopic (exact) mass is 165 g/mol. The molecule has 1 aliphatic rings. The molecule has 0 aliphatic carbocycles. The lowest BCUT2D eigenvalue weighted by Crippen LogP contribution is -2.32. The second-order valence-electron chi connectivity index (χ2n) is 2.51. The van der Waals surface area contributed by atoms with E-state index in [0.29, 0.717) is 10.6 Å². The first-order chi connectivity index (χ1) is 6.16. The predicted octanol–water partition coefficient (Wildman–Crippen LogP) is -0.984. The fraction of sp³-hybridized carbons (Fsp3) is 0.125. The number of hydrogen-bond acceptors (Lipinski definition) is 4. The second kappa shape index (κ2) is 2.41. The molecule has 0 bridgehead atoms. The van der Waals surface area contributed by atoms with E-state index in [9.17, 15) is 5.11 Å². The summed E-state index contributed by atoms with van der Waals surface area (Å²) >= 11 is 0. The van der Waals surface area contributed by atoms with Crippen LogP contribution in [0.5, 0.6) is 11.5 Å². The summed E-state index contributed by atoms with van der Waals surface area (Å²) in [6.45, 7) is 0.247. The lowest BCUT2D eigenvalue weighted by molar-refractivity contribution is 0.402. The van der Waals surface area contributed by atoms with E-state index in [1.807, 2.05) is 0 Å². The quantitative estimate of drug-likeness (QED) is 0.433. The number of phenolic OH excluding ortho intramolecular Hbond substituents is 2. The van der Waals surface area contributed by atoms with Crippen molar-refractivity contribution >= 4 is 6.20 Å². The Morgan fingerprint density at radius 1 is 1.42 bits per heavy atom. The first kappa shape index (κ1) is 5.88. The maximum Gasteiger partial charge on any atom is 0.161 e. The van der Waals surface area contributed by atoms with Gasteiger partial charge in [0.15, 0.2) is 12.9 Å². The minimum Gasteiger partial charge on any atom is -0.504 e. The average Bonchev–Trinajstić information content (AvgIpc) is 2.08. The van der Waals surface area contributed by atoms with Gasteiger partial charge < -0.3 is 15.5 Å². The van der Waals surface area contributed by atoms with Gasteiger partial charge in [-0.2, -0.15) is 0 Å².